The molecule has 5 heteroatoms. The van der Waals surface area contributed by atoms with Gasteiger partial charge in [0.25, 0.3) is 0 Å². The van der Waals surface area contributed by atoms with Crippen molar-refractivity contribution in [1.29, 1.82) is 0 Å². The quantitative estimate of drug-likeness (QED) is 0.828. The molecular weight excluding hydrogens is 316 g/mol. The number of thiazole rings is 1. The predicted octanol–water partition coefficient (Wildman–Crippen LogP) is 5.29. The van der Waals surface area contributed by atoms with Crippen molar-refractivity contribution in [3.63, 3.8) is 0 Å². The highest BCUT2D eigenvalue weighted by molar-refractivity contribution is 7.16. The third kappa shape index (κ3) is 3.50. The summed E-state index contributed by atoms with van der Waals surface area (Å²) >= 11 is 7.45. The smallest absolute Gasteiger partial charge is 0.229 e. The highest BCUT2D eigenvalue weighted by atomic mass is 35.5. The lowest BCUT2D eigenvalue weighted by Gasteiger charge is -2.19. The largest absolute Gasteiger partial charge is 0.302 e. The fourth-order valence-electron chi connectivity index (χ4n) is 2.90. The van der Waals surface area contributed by atoms with E-state index in [-0.39, 0.29) is 11.8 Å². The number of carbonyl (C=O) groups excluding carboxylic acids is 1. The van der Waals surface area contributed by atoms with Crippen molar-refractivity contribution < 1.29 is 4.79 Å². The van der Waals surface area contributed by atoms with Gasteiger partial charge in [0.05, 0.1) is 5.69 Å². The number of hydrogen-bond donors (Lipinski definition) is 1. The Balaban J connectivity index is 1.74. The maximum absolute atomic E-state index is 12.3. The van der Waals surface area contributed by atoms with Crippen LogP contribution < -0.4 is 5.32 Å². The van der Waals surface area contributed by atoms with Gasteiger partial charge in [0, 0.05) is 21.4 Å². The summed E-state index contributed by atoms with van der Waals surface area (Å²) in [6, 6.07) is 7.63. The second-order valence-corrected chi connectivity index (χ2v) is 7.39. The zero-order valence-corrected chi connectivity index (χ0v) is 14.1. The molecule has 0 saturated heterocycles. The standard InChI is InChI=1S/C17H19ClN2OS/c1-11-15(12-7-9-14(18)10-8-12)19-17(22-11)20-16(21)13-5-3-2-4-6-13/h7-10,13H,2-6H2,1H3,(H,19,20,21). The van der Waals surface area contributed by atoms with E-state index in [2.05, 4.69) is 10.3 Å². The van der Waals surface area contributed by atoms with E-state index in [1.165, 1.54) is 17.8 Å². The topological polar surface area (TPSA) is 42.0 Å². The van der Waals surface area contributed by atoms with E-state index in [0.717, 1.165) is 41.8 Å². The molecule has 3 rings (SSSR count). The van der Waals surface area contributed by atoms with Crippen LogP contribution in [0.1, 0.15) is 37.0 Å². The number of amides is 1. The number of anilines is 1. The molecule has 3 nitrogen and oxygen atoms in total. The Kier molecular flexibility index (Phi) is 4.79. The van der Waals surface area contributed by atoms with Crippen LogP contribution in [0.2, 0.25) is 5.02 Å². The normalized spacial score (nSPS) is 15.7. The molecule has 116 valence electrons. The van der Waals surface area contributed by atoms with Crippen LogP contribution in [0, 0.1) is 12.8 Å². The Morgan fingerprint density at radius 1 is 1.23 bits per heavy atom. The van der Waals surface area contributed by atoms with Crippen LogP contribution in [0.5, 0.6) is 0 Å². The van der Waals surface area contributed by atoms with E-state index in [1.54, 1.807) is 0 Å². The molecule has 0 unspecified atom stereocenters. The summed E-state index contributed by atoms with van der Waals surface area (Å²) in [5.74, 6) is 0.271. The number of aryl methyl sites for hydroxylation is 1. The molecule has 0 radical (unpaired) electrons. The van der Waals surface area contributed by atoms with E-state index in [0.29, 0.717) is 10.2 Å². The third-order valence-electron chi connectivity index (χ3n) is 4.12. The van der Waals surface area contributed by atoms with E-state index < -0.39 is 0 Å². The highest BCUT2D eigenvalue weighted by Crippen LogP contribution is 2.32. The molecule has 0 bridgehead atoms. The van der Waals surface area contributed by atoms with Gasteiger partial charge in [-0.15, -0.1) is 11.3 Å². The lowest BCUT2D eigenvalue weighted by molar-refractivity contribution is -0.120. The van der Waals surface area contributed by atoms with Gasteiger partial charge in [-0.05, 0) is 31.9 Å². The molecule has 1 aliphatic carbocycles. The monoisotopic (exact) mass is 334 g/mol. The van der Waals surface area contributed by atoms with Gasteiger partial charge in [0.1, 0.15) is 0 Å². The van der Waals surface area contributed by atoms with Gasteiger partial charge < -0.3 is 5.32 Å². The Morgan fingerprint density at radius 2 is 1.91 bits per heavy atom. The predicted molar refractivity (Wildman–Crippen MR) is 92.5 cm³/mol. The summed E-state index contributed by atoms with van der Waals surface area (Å²) in [5, 5.41) is 4.40. The lowest BCUT2D eigenvalue weighted by atomic mass is 9.89. The van der Waals surface area contributed by atoms with Crippen LogP contribution in [0.25, 0.3) is 11.3 Å². The van der Waals surface area contributed by atoms with Crippen LogP contribution in [-0.2, 0) is 4.79 Å². The van der Waals surface area contributed by atoms with Gasteiger partial charge in [-0.1, -0.05) is 43.0 Å². The number of halogens is 1. The lowest BCUT2D eigenvalue weighted by Crippen LogP contribution is -2.24. The molecule has 1 fully saturated rings. The first-order valence-corrected chi connectivity index (χ1v) is 8.87. The van der Waals surface area contributed by atoms with E-state index in [4.69, 9.17) is 11.6 Å². The second-order valence-electron chi connectivity index (χ2n) is 5.75. The van der Waals surface area contributed by atoms with Crippen molar-refractivity contribution in [1.82, 2.24) is 4.98 Å². The summed E-state index contributed by atoms with van der Waals surface area (Å²) in [4.78, 5) is 18.0. The minimum atomic E-state index is 0.121. The number of hydrogen-bond acceptors (Lipinski definition) is 3. The molecule has 22 heavy (non-hydrogen) atoms. The maximum Gasteiger partial charge on any atom is 0.229 e. The molecular formula is C17H19ClN2OS. The SMILES string of the molecule is Cc1sc(NC(=O)C2CCCCC2)nc1-c1ccc(Cl)cc1. The molecule has 1 amide bonds. The molecule has 1 aromatic carbocycles. The van der Waals surface area contributed by atoms with Gasteiger partial charge in [-0.25, -0.2) is 4.98 Å². The van der Waals surface area contributed by atoms with Crippen LogP contribution in [0.15, 0.2) is 24.3 Å². The minimum absolute atomic E-state index is 0.121. The summed E-state index contributed by atoms with van der Waals surface area (Å²) in [5.41, 5.74) is 1.94. The van der Waals surface area contributed by atoms with Crippen LogP contribution in [0.4, 0.5) is 5.13 Å². The third-order valence-corrected chi connectivity index (χ3v) is 5.26. The van der Waals surface area contributed by atoms with Gasteiger partial charge in [0.2, 0.25) is 5.91 Å². The minimum Gasteiger partial charge on any atom is -0.302 e. The Labute approximate surface area is 139 Å². The van der Waals surface area contributed by atoms with Crippen molar-refractivity contribution in [2.75, 3.05) is 5.32 Å². The van der Waals surface area contributed by atoms with Crippen molar-refractivity contribution in [2.24, 2.45) is 5.92 Å². The van der Waals surface area contributed by atoms with Crippen molar-refractivity contribution in [2.45, 2.75) is 39.0 Å². The van der Waals surface area contributed by atoms with Crippen LogP contribution >= 0.6 is 22.9 Å². The summed E-state index contributed by atoms with van der Waals surface area (Å²) in [6.45, 7) is 2.03. The zero-order valence-electron chi connectivity index (χ0n) is 12.6. The average molecular weight is 335 g/mol. The van der Waals surface area contributed by atoms with Gasteiger partial charge >= 0.3 is 0 Å². The van der Waals surface area contributed by atoms with Gasteiger partial charge in [-0.3, -0.25) is 4.79 Å². The van der Waals surface area contributed by atoms with E-state index >= 15 is 0 Å². The molecule has 0 aliphatic heterocycles. The second kappa shape index (κ2) is 6.80. The molecule has 1 saturated carbocycles. The highest BCUT2D eigenvalue weighted by Gasteiger charge is 2.22. The summed E-state index contributed by atoms with van der Waals surface area (Å²) < 4.78 is 0. The molecule has 1 N–H and O–H groups in total. The van der Waals surface area contributed by atoms with Crippen molar-refractivity contribution >= 4 is 34.0 Å². The molecule has 0 atom stereocenters. The summed E-state index contributed by atoms with van der Waals surface area (Å²) in [6.07, 6.45) is 5.57. The fourth-order valence-corrected chi connectivity index (χ4v) is 3.86. The Hall–Kier alpha value is -1.39. The van der Waals surface area contributed by atoms with E-state index in [9.17, 15) is 4.79 Å². The number of rotatable bonds is 3. The number of aromatic nitrogens is 1. The average Bonchev–Trinajstić information content (AvgIpc) is 2.89. The van der Waals surface area contributed by atoms with Crippen molar-refractivity contribution in [3.05, 3.63) is 34.2 Å². The van der Waals surface area contributed by atoms with Gasteiger partial charge in [-0.2, -0.15) is 0 Å². The fraction of sp³-hybridized carbons (Fsp3) is 0.412. The van der Waals surface area contributed by atoms with Crippen LogP contribution in [0.3, 0.4) is 0 Å². The maximum atomic E-state index is 12.3. The molecule has 1 heterocycles. The molecule has 0 spiro atoms. The Morgan fingerprint density at radius 3 is 2.59 bits per heavy atom. The molecule has 1 aliphatic rings. The van der Waals surface area contributed by atoms with Crippen molar-refractivity contribution in [3.8, 4) is 11.3 Å². The zero-order chi connectivity index (χ0) is 15.5. The number of nitrogens with zero attached hydrogens (tertiary/aromatic N) is 1. The van der Waals surface area contributed by atoms with Crippen LogP contribution in [-0.4, -0.2) is 10.9 Å². The number of nitrogens with one attached hydrogen (secondary N) is 1. The number of carbonyl (C=O) groups is 1. The summed E-state index contributed by atoms with van der Waals surface area (Å²) in [7, 11) is 0. The van der Waals surface area contributed by atoms with E-state index in [1.807, 2.05) is 31.2 Å². The first-order chi connectivity index (χ1) is 10.6. The Bertz CT molecular complexity index is 660. The molecule has 1 aromatic heterocycles. The first kappa shape index (κ1) is 15.5. The number of benzene rings is 1. The molecule has 2 aromatic rings. The van der Waals surface area contributed by atoms with Gasteiger partial charge in [0.15, 0.2) is 5.13 Å². The first-order valence-electron chi connectivity index (χ1n) is 7.68.